The Morgan fingerprint density at radius 2 is 2.14 bits per heavy atom. The van der Waals surface area contributed by atoms with Gasteiger partial charge in [-0.2, -0.15) is 10.4 Å². The number of hydrogen-bond donors (Lipinski definition) is 1. The highest BCUT2D eigenvalue weighted by Crippen LogP contribution is 2.57. The summed E-state index contributed by atoms with van der Waals surface area (Å²) < 4.78 is 34.5. The van der Waals surface area contributed by atoms with Gasteiger partial charge in [0.2, 0.25) is 0 Å². The predicted octanol–water partition coefficient (Wildman–Crippen LogP) is 2.61. The Morgan fingerprint density at radius 3 is 2.86 bits per heavy atom. The van der Waals surface area contributed by atoms with Gasteiger partial charge in [-0.3, -0.25) is 4.79 Å². The van der Waals surface area contributed by atoms with Crippen LogP contribution in [0.25, 0.3) is 5.69 Å². The Kier molecular flexibility index (Phi) is 3.78. The third-order valence-electron chi connectivity index (χ3n) is 6.03. The van der Waals surface area contributed by atoms with Gasteiger partial charge in [-0.15, -0.1) is 0 Å². The molecule has 2 atom stereocenters. The van der Waals surface area contributed by atoms with Crippen LogP contribution in [0.5, 0.6) is 0 Å². The summed E-state index contributed by atoms with van der Waals surface area (Å²) in [5, 5.41) is 16.8. The molecule has 8 heteroatoms. The van der Waals surface area contributed by atoms with Crippen molar-refractivity contribution >= 4 is 5.91 Å². The molecule has 1 N–H and O–H groups in total. The van der Waals surface area contributed by atoms with Crippen LogP contribution in [-0.2, 0) is 11.2 Å². The van der Waals surface area contributed by atoms with Gasteiger partial charge in [0.25, 0.3) is 5.91 Å². The summed E-state index contributed by atoms with van der Waals surface area (Å²) in [5.41, 5.74) is 1.02. The first-order valence-electron chi connectivity index (χ1n) is 9.40. The third-order valence-corrected chi connectivity index (χ3v) is 6.03. The van der Waals surface area contributed by atoms with Crippen LogP contribution < -0.4 is 5.32 Å². The van der Waals surface area contributed by atoms with Crippen LogP contribution in [0.15, 0.2) is 18.2 Å². The second-order valence-corrected chi connectivity index (χ2v) is 7.79. The van der Waals surface area contributed by atoms with Crippen molar-refractivity contribution in [3.63, 3.8) is 0 Å². The molecule has 3 aliphatic rings. The standard InChI is InChI=1S/C20H18F2N4O2/c21-12-1-2-16(15(22)9-12)26-18-13-7-11(13)8-14(18)17(25-26)19(27)24-20(10-23)3-5-28-6-4-20/h1-2,9,11,13H,3-8H2,(H,24,27)/t11-,13-/m1/s1. The maximum atomic E-state index is 14.4. The van der Waals surface area contributed by atoms with Crippen molar-refractivity contribution in [1.82, 2.24) is 15.1 Å². The summed E-state index contributed by atoms with van der Waals surface area (Å²) in [7, 11) is 0. The normalized spacial score (nSPS) is 24.2. The number of benzene rings is 1. The van der Waals surface area contributed by atoms with E-state index in [2.05, 4.69) is 16.5 Å². The van der Waals surface area contributed by atoms with E-state index >= 15 is 0 Å². The zero-order valence-corrected chi connectivity index (χ0v) is 15.0. The first-order chi connectivity index (χ1) is 13.5. The molecular weight excluding hydrogens is 366 g/mol. The van der Waals surface area contributed by atoms with Crippen LogP contribution in [0.1, 0.15) is 46.9 Å². The van der Waals surface area contributed by atoms with Crippen molar-refractivity contribution in [2.75, 3.05) is 13.2 Å². The molecule has 2 aromatic rings. The second-order valence-electron chi connectivity index (χ2n) is 7.79. The molecule has 144 valence electrons. The van der Waals surface area contributed by atoms with Gasteiger partial charge in [-0.05, 0) is 30.9 Å². The average Bonchev–Trinajstić information content (AvgIpc) is 3.18. The van der Waals surface area contributed by atoms with Crippen LogP contribution in [0.4, 0.5) is 8.78 Å². The van der Waals surface area contributed by atoms with Crippen molar-refractivity contribution in [1.29, 1.82) is 5.26 Å². The Hall–Kier alpha value is -2.79. The first-order valence-corrected chi connectivity index (χ1v) is 9.40. The number of carbonyl (C=O) groups is 1. The summed E-state index contributed by atoms with van der Waals surface area (Å²) in [4.78, 5) is 13.0. The Labute approximate surface area is 160 Å². The molecule has 1 saturated heterocycles. The van der Waals surface area contributed by atoms with E-state index < -0.39 is 23.1 Å². The molecule has 0 radical (unpaired) electrons. The smallest absolute Gasteiger partial charge is 0.273 e. The monoisotopic (exact) mass is 384 g/mol. The number of nitriles is 1. The van der Waals surface area contributed by atoms with E-state index in [1.54, 1.807) is 0 Å². The quantitative estimate of drug-likeness (QED) is 0.882. The molecule has 1 saturated carbocycles. The van der Waals surface area contributed by atoms with E-state index in [9.17, 15) is 18.8 Å². The minimum atomic E-state index is -0.978. The van der Waals surface area contributed by atoms with Gasteiger partial charge in [0.1, 0.15) is 17.0 Å². The van der Waals surface area contributed by atoms with E-state index in [0.29, 0.717) is 38.4 Å². The molecular formula is C20H18F2N4O2. The van der Waals surface area contributed by atoms with Crippen molar-refractivity contribution in [3.8, 4) is 11.8 Å². The van der Waals surface area contributed by atoms with Gasteiger partial charge < -0.3 is 10.1 Å². The molecule has 2 fully saturated rings. The van der Waals surface area contributed by atoms with E-state index in [0.717, 1.165) is 23.7 Å². The van der Waals surface area contributed by atoms with Gasteiger partial charge in [0, 0.05) is 43.6 Å². The van der Waals surface area contributed by atoms with Crippen LogP contribution in [0, 0.1) is 28.9 Å². The molecule has 6 nitrogen and oxygen atoms in total. The number of aromatic nitrogens is 2. The third kappa shape index (κ3) is 2.61. The fraction of sp³-hybridized carbons (Fsp3) is 0.450. The van der Waals surface area contributed by atoms with E-state index in [-0.39, 0.29) is 17.3 Å². The highest BCUT2D eigenvalue weighted by Gasteiger charge is 2.50. The number of fused-ring (bicyclic) bond motifs is 3. The fourth-order valence-electron chi connectivity index (χ4n) is 4.40. The molecule has 28 heavy (non-hydrogen) atoms. The summed E-state index contributed by atoms with van der Waals surface area (Å²) in [6, 6.07) is 5.54. The van der Waals surface area contributed by atoms with Crippen LogP contribution >= 0.6 is 0 Å². The molecule has 1 amide bonds. The van der Waals surface area contributed by atoms with Crippen LogP contribution in [0.3, 0.4) is 0 Å². The molecule has 5 rings (SSSR count). The highest BCUT2D eigenvalue weighted by atomic mass is 19.1. The Bertz CT molecular complexity index is 1020. The maximum absolute atomic E-state index is 14.4. The zero-order valence-electron chi connectivity index (χ0n) is 15.0. The molecule has 1 aromatic carbocycles. The van der Waals surface area contributed by atoms with Gasteiger partial charge in [-0.1, -0.05) is 0 Å². The van der Waals surface area contributed by atoms with Crippen molar-refractivity contribution in [2.24, 2.45) is 5.92 Å². The summed E-state index contributed by atoms with van der Waals surface area (Å²) in [5.74, 6) is -1.12. The molecule has 0 unspecified atom stereocenters. The number of ether oxygens (including phenoxy) is 1. The lowest BCUT2D eigenvalue weighted by Crippen LogP contribution is -2.51. The zero-order chi connectivity index (χ0) is 19.5. The maximum Gasteiger partial charge on any atom is 0.273 e. The molecule has 0 spiro atoms. The lowest BCUT2D eigenvalue weighted by atomic mass is 9.91. The Balaban J connectivity index is 1.54. The van der Waals surface area contributed by atoms with Crippen LogP contribution in [0.2, 0.25) is 0 Å². The van der Waals surface area contributed by atoms with Crippen molar-refractivity contribution in [3.05, 3.63) is 46.8 Å². The van der Waals surface area contributed by atoms with E-state index in [4.69, 9.17) is 4.74 Å². The molecule has 2 aliphatic carbocycles. The number of rotatable bonds is 3. The van der Waals surface area contributed by atoms with E-state index in [1.165, 1.54) is 16.8 Å². The highest BCUT2D eigenvalue weighted by molar-refractivity contribution is 5.95. The van der Waals surface area contributed by atoms with Gasteiger partial charge >= 0.3 is 0 Å². The average molecular weight is 384 g/mol. The number of halogens is 2. The largest absolute Gasteiger partial charge is 0.381 e. The first kappa shape index (κ1) is 17.3. The number of nitrogens with zero attached hydrogens (tertiary/aromatic N) is 3. The van der Waals surface area contributed by atoms with Crippen molar-refractivity contribution in [2.45, 2.75) is 37.1 Å². The lowest BCUT2D eigenvalue weighted by Gasteiger charge is -2.31. The number of carbonyl (C=O) groups excluding carboxylic acids is 1. The molecule has 2 heterocycles. The molecule has 1 aliphatic heterocycles. The minimum absolute atomic E-state index is 0.130. The van der Waals surface area contributed by atoms with Crippen LogP contribution in [-0.4, -0.2) is 34.4 Å². The summed E-state index contributed by atoms with van der Waals surface area (Å²) in [6.45, 7) is 0.816. The Morgan fingerprint density at radius 1 is 1.36 bits per heavy atom. The van der Waals surface area contributed by atoms with E-state index in [1.807, 2.05) is 0 Å². The van der Waals surface area contributed by atoms with Gasteiger partial charge in [0.15, 0.2) is 11.5 Å². The second kappa shape index (κ2) is 6.11. The minimum Gasteiger partial charge on any atom is -0.381 e. The molecule has 0 bridgehead atoms. The van der Waals surface area contributed by atoms with Gasteiger partial charge in [-0.25, -0.2) is 13.5 Å². The fourth-order valence-corrected chi connectivity index (χ4v) is 4.40. The topological polar surface area (TPSA) is 79.9 Å². The molecule has 1 aromatic heterocycles. The number of nitrogens with one attached hydrogen (secondary N) is 1. The van der Waals surface area contributed by atoms with Gasteiger partial charge in [0.05, 0.1) is 11.8 Å². The lowest BCUT2D eigenvalue weighted by molar-refractivity contribution is 0.0529. The number of hydrogen-bond acceptors (Lipinski definition) is 4. The number of amides is 1. The summed E-state index contributed by atoms with van der Waals surface area (Å²) in [6.07, 6.45) is 2.53. The predicted molar refractivity (Wildman–Crippen MR) is 93.9 cm³/mol. The van der Waals surface area contributed by atoms with Crippen molar-refractivity contribution < 1.29 is 18.3 Å². The SMILES string of the molecule is N#CC1(NC(=O)c2nn(-c3ccc(F)cc3F)c3c2C[C@H]2C[C@@H]32)CCOCC1. The summed E-state index contributed by atoms with van der Waals surface area (Å²) >= 11 is 0.